The van der Waals surface area contributed by atoms with Gasteiger partial charge in [-0.15, -0.1) is 0 Å². The smallest absolute Gasteiger partial charge is 0.275 e. The van der Waals surface area contributed by atoms with Gasteiger partial charge in [0, 0.05) is 26.2 Å². The standard InChI is InChI=1S/C16H19BrClN5O/c1-10(2)14-13(17)15(21-20-14)16(24)23-8-6-22(7-9-23)12-5-3-4-11(18)19-12/h3-5,10H,6-9H2,1-2H3,(H,20,21). The molecule has 2 aromatic rings. The number of rotatable bonds is 3. The minimum atomic E-state index is -0.0521. The van der Waals surface area contributed by atoms with E-state index >= 15 is 0 Å². The molecule has 0 bridgehead atoms. The minimum Gasteiger partial charge on any atom is -0.353 e. The number of carbonyl (C=O) groups excluding carboxylic acids is 1. The van der Waals surface area contributed by atoms with E-state index < -0.39 is 0 Å². The molecule has 0 aromatic carbocycles. The van der Waals surface area contributed by atoms with Gasteiger partial charge in [0.05, 0.1) is 10.2 Å². The second-order valence-corrected chi connectivity index (χ2v) is 7.23. The number of anilines is 1. The number of H-pyrrole nitrogens is 1. The third kappa shape index (κ3) is 3.42. The van der Waals surface area contributed by atoms with E-state index in [4.69, 9.17) is 11.6 Å². The van der Waals surface area contributed by atoms with Crippen molar-refractivity contribution in [3.05, 3.63) is 39.2 Å². The number of amides is 1. The molecule has 0 radical (unpaired) electrons. The van der Waals surface area contributed by atoms with Crippen molar-refractivity contribution < 1.29 is 4.79 Å². The molecule has 3 rings (SSSR count). The monoisotopic (exact) mass is 411 g/mol. The van der Waals surface area contributed by atoms with Gasteiger partial charge in [0.2, 0.25) is 0 Å². The van der Waals surface area contributed by atoms with Crippen LogP contribution in [-0.2, 0) is 0 Å². The van der Waals surface area contributed by atoms with E-state index in [1.54, 1.807) is 6.07 Å². The van der Waals surface area contributed by atoms with E-state index in [-0.39, 0.29) is 11.8 Å². The van der Waals surface area contributed by atoms with Crippen molar-refractivity contribution in [1.82, 2.24) is 20.1 Å². The maximum Gasteiger partial charge on any atom is 0.275 e. The fourth-order valence-electron chi connectivity index (χ4n) is 2.73. The van der Waals surface area contributed by atoms with Crippen molar-refractivity contribution in [3.8, 4) is 0 Å². The van der Waals surface area contributed by atoms with E-state index in [1.165, 1.54) is 0 Å². The lowest BCUT2D eigenvalue weighted by atomic mass is 10.1. The molecule has 3 heterocycles. The average molecular weight is 413 g/mol. The van der Waals surface area contributed by atoms with Crippen LogP contribution in [0, 0.1) is 0 Å². The van der Waals surface area contributed by atoms with Gasteiger partial charge in [-0.2, -0.15) is 5.10 Å². The highest BCUT2D eigenvalue weighted by molar-refractivity contribution is 9.10. The molecule has 8 heteroatoms. The number of nitrogens with zero attached hydrogens (tertiary/aromatic N) is 4. The molecule has 1 fully saturated rings. The Hall–Kier alpha value is -1.60. The van der Waals surface area contributed by atoms with Gasteiger partial charge in [-0.25, -0.2) is 4.98 Å². The highest BCUT2D eigenvalue weighted by atomic mass is 79.9. The van der Waals surface area contributed by atoms with Crippen LogP contribution < -0.4 is 4.90 Å². The van der Waals surface area contributed by atoms with Crippen molar-refractivity contribution in [1.29, 1.82) is 0 Å². The fourth-order valence-corrected chi connectivity index (χ4v) is 3.69. The van der Waals surface area contributed by atoms with E-state index in [9.17, 15) is 4.79 Å². The van der Waals surface area contributed by atoms with Gasteiger partial charge in [-0.1, -0.05) is 31.5 Å². The number of carbonyl (C=O) groups is 1. The predicted octanol–water partition coefficient (Wildman–Crippen LogP) is 3.31. The quantitative estimate of drug-likeness (QED) is 0.786. The summed E-state index contributed by atoms with van der Waals surface area (Å²) in [6, 6.07) is 5.57. The number of hydrogen-bond donors (Lipinski definition) is 1. The summed E-state index contributed by atoms with van der Waals surface area (Å²) in [4.78, 5) is 21.0. The van der Waals surface area contributed by atoms with E-state index in [2.05, 4.69) is 49.9 Å². The molecule has 0 saturated carbocycles. The normalized spacial score (nSPS) is 15.2. The first-order chi connectivity index (χ1) is 11.5. The Balaban J connectivity index is 1.67. The molecule has 1 aliphatic heterocycles. The maximum absolute atomic E-state index is 12.7. The summed E-state index contributed by atoms with van der Waals surface area (Å²) in [5.41, 5.74) is 1.40. The first-order valence-electron chi connectivity index (χ1n) is 7.88. The fraction of sp³-hybridized carbons (Fsp3) is 0.438. The molecular weight excluding hydrogens is 394 g/mol. The number of halogens is 2. The van der Waals surface area contributed by atoms with Crippen LogP contribution in [0.4, 0.5) is 5.82 Å². The number of aromatic amines is 1. The summed E-state index contributed by atoms with van der Waals surface area (Å²) in [6.45, 7) is 6.82. The summed E-state index contributed by atoms with van der Waals surface area (Å²) in [6.07, 6.45) is 0. The molecule has 0 unspecified atom stereocenters. The SMILES string of the molecule is CC(C)c1[nH]nc(C(=O)N2CCN(c3cccc(Cl)n3)CC2)c1Br. The molecule has 0 atom stereocenters. The maximum atomic E-state index is 12.7. The molecule has 1 saturated heterocycles. The summed E-state index contributed by atoms with van der Waals surface area (Å²) in [5, 5.41) is 7.63. The first-order valence-corrected chi connectivity index (χ1v) is 9.05. The molecule has 128 valence electrons. The highest BCUT2D eigenvalue weighted by Gasteiger charge is 2.27. The van der Waals surface area contributed by atoms with Gasteiger partial charge in [0.15, 0.2) is 5.69 Å². The molecule has 0 spiro atoms. The predicted molar refractivity (Wildman–Crippen MR) is 97.7 cm³/mol. The zero-order valence-corrected chi connectivity index (χ0v) is 15.9. The Morgan fingerprint density at radius 1 is 1.29 bits per heavy atom. The van der Waals surface area contributed by atoms with Crippen LogP contribution >= 0.6 is 27.5 Å². The van der Waals surface area contributed by atoms with Gasteiger partial charge in [0.25, 0.3) is 5.91 Å². The molecule has 0 aliphatic carbocycles. The van der Waals surface area contributed by atoms with Crippen molar-refractivity contribution in [3.63, 3.8) is 0 Å². The van der Waals surface area contributed by atoms with Crippen LogP contribution in [0.3, 0.4) is 0 Å². The number of aromatic nitrogens is 3. The number of nitrogens with one attached hydrogen (secondary N) is 1. The summed E-state index contributed by atoms with van der Waals surface area (Å²) < 4.78 is 0.765. The number of hydrogen-bond acceptors (Lipinski definition) is 4. The highest BCUT2D eigenvalue weighted by Crippen LogP contribution is 2.27. The van der Waals surface area contributed by atoms with Gasteiger partial charge < -0.3 is 9.80 Å². The van der Waals surface area contributed by atoms with Crippen LogP contribution in [0.25, 0.3) is 0 Å². The number of piperazine rings is 1. The molecule has 2 aromatic heterocycles. The van der Waals surface area contributed by atoms with Crippen LogP contribution in [0.15, 0.2) is 22.7 Å². The zero-order valence-electron chi connectivity index (χ0n) is 13.6. The molecule has 24 heavy (non-hydrogen) atoms. The second kappa shape index (κ2) is 7.11. The van der Waals surface area contributed by atoms with Gasteiger partial charge in [-0.3, -0.25) is 9.89 Å². The average Bonchev–Trinajstić information content (AvgIpc) is 2.96. The van der Waals surface area contributed by atoms with Gasteiger partial charge in [0.1, 0.15) is 11.0 Å². The molecule has 6 nitrogen and oxygen atoms in total. The molecule has 1 amide bonds. The van der Waals surface area contributed by atoms with Crippen molar-refractivity contribution in [2.75, 3.05) is 31.1 Å². The van der Waals surface area contributed by atoms with Gasteiger partial charge in [-0.05, 0) is 34.0 Å². The summed E-state index contributed by atoms with van der Waals surface area (Å²) in [7, 11) is 0. The topological polar surface area (TPSA) is 65.1 Å². The van der Waals surface area contributed by atoms with Crippen molar-refractivity contribution in [2.24, 2.45) is 0 Å². The lowest BCUT2D eigenvalue weighted by Crippen LogP contribution is -2.49. The van der Waals surface area contributed by atoms with Crippen LogP contribution in [0.2, 0.25) is 5.15 Å². The van der Waals surface area contributed by atoms with Crippen LogP contribution in [0.1, 0.15) is 35.9 Å². The molecular formula is C16H19BrClN5O. The Kier molecular flexibility index (Phi) is 5.10. The summed E-state index contributed by atoms with van der Waals surface area (Å²) >= 11 is 9.45. The van der Waals surface area contributed by atoms with Crippen molar-refractivity contribution >= 4 is 39.3 Å². The van der Waals surface area contributed by atoms with Gasteiger partial charge >= 0.3 is 0 Å². The Bertz CT molecular complexity index is 740. The van der Waals surface area contributed by atoms with E-state index in [0.717, 1.165) is 29.1 Å². The lowest BCUT2D eigenvalue weighted by Gasteiger charge is -2.35. The second-order valence-electron chi connectivity index (χ2n) is 6.05. The summed E-state index contributed by atoms with van der Waals surface area (Å²) in [5.74, 6) is 1.07. The molecule has 1 N–H and O–H groups in total. The Morgan fingerprint density at radius 3 is 2.58 bits per heavy atom. The number of pyridine rings is 1. The largest absolute Gasteiger partial charge is 0.353 e. The minimum absolute atomic E-state index is 0.0521. The van der Waals surface area contributed by atoms with E-state index in [1.807, 2.05) is 17.0 Å². The third-order valence-corrected chi connectivity index (χ3v) is 5.12. The van der Waals surface area contributed by atoms with Crippen molar-refractivity contribution in [2.45, 2.75) is 19.8 Å². The van der Waals surface area contributed by atoms with Crippen LogP contribution in [0.5, 0.6) is 0 Å². The zero-order chi connectivity index (χ0) is 17.3. The Labute approximate surface area is 154 Å². The lowest BCUT2D eigenvalue weighted by molar-refractivity contribution is 0.0739. The van der Waals surface area contributed by atoms with Crippen LogP contribution in [-0.4, -0.2) is 52.2 Å². The third-order valence-electron chi connectivity index (χ3n) is 4.10. The first kappa shape index (κ1) is 17.2. The molecule has 1 aliphatic rings. The van der Waals surface area contributed by atoms with E-state index in [0.29, 0.717) is 23.9 Å². The Morgan fingerprint density at radius 2 is 2.00 bits per heavy atom.